The Labute approximate surface area is 130 Å². The molecule has 4 heteroatoms. The fourth-order valence-corrected chi connectivity index (χ4v) is 2.79. The van der Waals surface area contributed by atoms with E-state index in [1.807, 2.05) is 29.8 Å². The summed E-state index contributed by atoms with van der Waals surface area (Å²) >= 11 is 0. The van der Waals surface area contributed by atoms with Crippen molar-refractivity contribution < 1.29 is 4.79 Å². The molecule has 0 spiro atoms. The van der Waals surface area contributed by atoms with Gasteiger partial charge in [-0.05, 0) is 43.9 Å². The van der Waals surface area contributed by atoms with Gasteiger partial charge in [0, 0.05) is 24.0 Å². The molecule has 1 N–H and O–H groups in total. The number of aromatic nitrogens is 2. The van der Waals surface area contributed by atoms with Gasteiger partial charge < -0.3 is 9.88 Å². The van der Waals surface area contributed by atoms with Crippen molar-refractivity contribution in [3.05, 3.63) is 60.7 Å². The van der Waals surface area contributed by atoms with Crippen LogP contribution in [0.3, 0.4) is 0 Å². The maximum absolute atomic E-state index is 12.3. The molecule has 114 valence electrons. The number of amides is 1. The van der Waals surface area contributed by atoms with E-state index in [9.17, 15) is 4.79 Å². The summed E-state index contributed by atoms with van der Waals surface area (Å²) in [5.74, 6) is 0.285. The molecule has 1 aliphatic carbocycles. The molecule has 1 heterocycles. The third kappa shape index (κ3) is 3.27. The molecular formula is C18H21N3O. The fourth-order valence-electron chi connectivity index (χ4n) is 2.79. The summed E-state index contributed by atoms with van der Waals surface area (Å²) < 4.78 is 1.96. The summed E-state index contributed by atoms with van der Waals surface area (Å²) in [7, 11) is 0. The standard InChI is InChI=1S/C18H21N3O/c1-14(20-18(22)16-5-3-2-4-6-16)15-7-9-17(10-8-15)21-12-11-19-13-21/h2-3,7-14,16H,4-6H2,1H3,(H,20,22)/t14-,16-/m1/s1. The maximum atomic E-state index is 12.3. The van der Waals surface area contributed by atoms with Crippen LogP contribution in [0.2, 0.25) is 0 Å². The predicted octanol–water partition coefficient (Wildman–Crippen LogP) is 3.41. The summed E-state index contributed by atoms with van der Waals surface area (Å²) in [4.78, 5) is 16.3. The summed E-state index contributed by atoms with van der Waals surface area (Å²) in [6.07, 6.45) is 12.5. The summed E-state index contributed by atoms with van der Waals surface area (Å²) in [5.41, 5.74) is 2.18. The van der Waals surface area contributed by atoms with Gasteiger partial charge in [0.25, 0.3) is 0 Å². The average molecular weight is 295 g/mol. The highest BCUT2D eigenvalue weighted by Gasteiger charge is 2.20. The number of rotatable bonds is 4. The molecule has 22 heavy (non-hydrogen) atoms. The van der Waals surface area contributed by atoms with E-state index < -0.39 is 0 Å². The van der Waals surface area contributed by atoms with Gasteiger partial charge in [0.2, 0.25) is 5.91 Å². The molecule has 1 aromatic carbocycles. The zero-order valence-corrected chi connectivity index (χ0v) is 12.8. The molecule has 1 amide bonds. The van der Waals surface area contributed by atoms with Gasteiger partial charge in [-0.3, -0.25) is 4.79 Å². The third-order valence-corrected chi connectivity index (χ3v) is 4.19. The monoisotopic (exact) mass is 295 g/mol. The molecule has 1 aliphatic rings. The Bertz CT molecular complexity index is 643. The molecule has 4 nitrogen and oxygen atoms in total. The lowest BCUT2D eigenvalue weighted by Crippen LogP contribution is -2.33. The van der Waals surface area contributed by atoms with E-state index in [1.54, 1.807) is 12.5 Å². The highest BCUT2D eigenvalue weighted by Crippen LogP contribution is 2.21. The summed E-state index contributed by atoms with van der Waals surface area (Å²) in [5, 5.41) is 3.13. The minimum atomic E-state index is 0.0234. The molecule has 2 aromatic rings. The second-order valence-corrected chi connectivity index (χ2v) is 5.77. The molecule has 0 radical (unpaired) electrons. The Morgan fingerprint density at radius 3 is 2.77 bits per heavy atom. The van der Waals surface area contributed by atoms with Crippen LogP contribution in [-0.4, -0.2) is 15.5 Å². The largest absolute Gasteiger partial charge is 0.349 e. The normalized spacial score (nSPS) is 18.9. The Balaban J connectivity index is 1.63. The second kappa shape index (κ2) is 6.60. The molecule has 0 aliphatic heterocycles. The molecule has 0 bridgehead atoms. The van der Waals surface area contributed by atoms with Gasteiger partial charge in [-0.25, -0.2) is 4.98 Å². The van der Waals surface area contributed by atoms with Gasteiger partial charge in [-0.15, -0.1) is 0 Å². The van der Waals surface area contributed by atoms with Gasteiger partial charge >= 0.3 is 0 Å². The molecule has 1 aromatic heterocycles. The first-order valence-corrected chi connectivity index (χ1v) is 7.77. The van der Waals surface area contributed by atoms with Crippen molar-refractivity contribution in [2.45, 2.75) is 32.2 Å². The van der Waals surface area contributed by atoms with Crippen LogP contribution < -0.4 is 5.32 Å². The van der Waals surface area contributed by atoms with Gasteiger partial charge in [-0.2, -0.15) is 0 Å². The lowest BCUT2D eigenvalue weighted by atomic mass is 9.93. The highest BCUT2D eigenvalue weighted by molar-refractivity contribution is 5.79. The van der Waals surface area contributed by atoms with Gasteiger partial charge in [0.15, 0.2) is 0 Å². The number of carbonyl (C=O) groups is 1. The van der Waals surface area contributed by atoms with Crippen LogP contribution in [-0.2, 0) is 4.79 Å². The van der Waals surface area contributed by atoms with Crippen molar-refractivity contribution in [2.75, 3.05) is 0 Å². The van der Waals surface area contributed by atoms with Crippen molar-refractivity contribution >= 4 is 5.91 Å². The molecular weight excluding hydrogens is 274 g/mol. The number of allylic oxidation sites excluding steroid dienone is 2. The van der Waals surface area contributed by atoms with E-state index in [2.05, 4.69) is 34.6 Å². The first-order chi connectivity index (χ1) is 10.7. The maximum Gasteiger partial charge on any atom is 0.223 e. The Hall–Kier alpha value is -2.36. The molecule has 0 saturated heterocycles. The van der Waals surface area contributed by atoms with E-state index in [4.69, 9.17) is 0 Å². The van der Waals surface area contributed by atoms with Crippen LogP contribution in [0.1, 0.15) is 37.8 Å². The zero-order valence-electron chi connectivity index (χ0n) is 12.8. The average Bonchev–Trinajstić information content (AvgIpc) is 3.10. The molecule has 0 fully saturated rings. The van der Waals surface area contributed by atoms with Crippen LogP contribution in [0, 0.1) is 5.92 Å². The van der Waals surface area contributed by atoms with Crippen molar-refractivity contribution in [3.63, 3.8) is 0 Å². The molecule has 0 unspecified atom stereocenters. The number of hydrogen-bond donors (Lipinski definition) is 1. The van der Waals surface area contributed by atoms with Gasteiger partial charge in [-0.1, -0.05) is 24.3 Å². The Morgan fingerprint density at radius 1 is 1.32 bits per heavy atom. The van der Waals surface area contributed by atoms with Gasteiger partial charge in [0.05, 0.1) is 12.4 Å². The lowest BCUT2D eigenvalue weighted by Gasteiger charge is -2.21. The Morgan fingerprint density at radius 2 is 2.14 bits per heavy atom. The first kappa shape index (κ1) is 14.6. The van der Waals surface area contributed by atoms with E-state index in [-0.39, 0.29) is 17.9 Å². The van der Waals surface area contributed by atoms with Gasteiger partial charge in [0.1, 0.15) is 0 Å². The third-order valence-electron chi connectivity index (χ3n) is 4.19. The zero-order chi connectivity index (χ0) is 15.4. The first-order valence-electron chi connectivity index (χ1n) is 7.77. The van der Waals surface area contributed by atoms with E-state index in [1.165, 1.54) is 0 Å². The summed E-state index contributed by atoms with van der Waals surface area (Å²) in [6, 6.07) is 8.23. The number of imidazole rings is 1. The minimum absolute atomic E-state index is 0.0234. The van der Waals surface area contributed by atoms with Crippen LogP contribution >= 0.6 is 0 Å². The summed E-state index contributed by atoms with van der Waals surface area (Å²) in [6.45, 7) is 2.03. The van der Waals surface area contributed by atoms with Crippen LogP contribution in [0.5, 0.6) is 0 Å². The fraction of sp³-hybridized carbons (Fsp3) is 0.333. The number of carbonyl (C=O) groups excluding carboxylic acids is 1. The minimum Gasteiger partial charge on any atom is -0.349 e. The van der Waals surface area contributed by atoms with E-state index in [0.29, 0.717) is 0 Å². The van der Waals surface area contributed by atoms with Crippen LogP contribution in [0.4, 0.5) is 0 Å². The Kier molecular flexibility index (Phi) is 4.37. The number of nitrogens with zero attached hydrogens (tertiary/aromatic N) is 2. The van der Waals surface area contributed by atoms with Crippen molar-refractivity contribution in [1.29, 1.82) is 0 Å². The lowest BCUT2D eigenvalue weighted by molar-refractivity contribution is -0.125. The second-order valence-electron chi connectivity index (χ2n) is 5.77. The number of benzene rings is 1. The SMILES string of the molecule is C[C@@H](NC(=O)[C@@H]1CC=CCC1)c1ccc(-n2ccnc2)cc1. The van der Waals surface area contributed by atoms with Crippen molar-refractivity contribution in [2.24, 2.45) is 5.92 Å². The number of nitrogens with one attached hydrogen (secondary N) is 1. The van der Waals surface area contributed by atoms with E-state index in [0.717, 1.165) is 30.5 Å². The predicted molar refractivity (Wildman–Crippen MR) is 86.6 cm³/mol. The molecule has 0 saturated carbocycles. The van der Waals surface area contributed by atoms with Crippen LogP contribution in [0.25, 0.3) is 5.69 Å². The smallest absolute Gasteiger partial charge is 0.223 e. The quantitative estimate of drug-likeness (QED) is 0.879. The van der Waals surface area contributed by atoms with Crippen molar-refractivity contribution in [1.82, 2.24) is 14.9 Å². The van der Waals surface area contributed by atoms with E-state index >= 15 is 0 Å². The number of hydrogen-bond acceptors (Lipinski definition) is 2. The highest BCUT2D eigenvalue weighted by atomic mass is 16.1. The molecule has 2 atom stereocenters. The van der Waals surface area contributed by atoms with Crippen molar-refractivity contribution in [3.8, 4) is 5.69 Å². The topological polar surface area (TPSA) is 46.9 Å². The molecule has 3 rings (SSSR count). The van der Waals surface area contributed by atoms with Crippen LogP contribution in [0.15, 0.2) is 55.1 Å².